The van der Waals surface area contributed by atoms with E-state index in [1.54, 1.807) is 0 Å². The molecule has 1 aromatic heterocycles. The molecule has 9 aromatic carbocycles. The Morgan fingerprint density at radius 1 is 0.308 bits per heavy atom. The van der Waals surface area contributed by atoms with Crippen molar-refractivity contribution in [2.24, 2.45) is 0 Å². The zero-order valence-electron chi connectivity index (χ0n) is 28.4. The Balaban J connectivity index is 1.24. The fraction of sp³-hybridized carbons (Fsp3) is 0. The van der Waals surface area contributed by atoms with Crippen LogP contribution < -0.4 is 4.90 Å². The fourth-order valence-electron chi connectivity index (χ4n) is 7.75. The Hall–Kier alpha value is -6.48. The van der Waals surface area contributed by atoms with Crippen LogP contribution in [0.5, 0.6) is 0 Å². The third kappa shape index (κ3) is 5.24. The van der Waals surface area contributed by atoms with E-state index in [0.717, 1.165) is 17.1 Å². The summed E-state index contributed by atoms with van der Waals surface area (Å²) in [6.45, 7) is 0. The molecule has 0 amide bonds. The molecule has 244 valence electrons. The first-order chi connectivity index (χ1) is 25.8. The third-order valence-corrected chi connectivity index (χ3v) is 11.4. The highest BCUT2D eigenvalue weighted by Gasteiger charge is 2.21. The monoisotopic (exact) mass is 679 g/mol. The molecular weight excluding hydrogens is 647 g/mol. The summed E-state index contributed by atoms with van der Waals surface area (Å²) in [4.78, 5) is 2.45. The molecule has 1 nitrogen and oxygen atoms in total. The van der Waals surface area contributed by atoms with Gasteiger partial charge in [0.25, 0.3) is 0 Å². The molecule has 0 saturated carbocycles. The van der Waals surface area contributed by atoms with Gasteiger partial charge in [-0.15, -0.1) is 11.3 Å². The minimum atomic E-state index is 1.11. The average Bonchev–Trinajstić information content (AvgIpc) is 3.59. The van der Waals surface area contributed by atoms with Crippen molar-refractivity contribution in [1.29, 1.82) is 0 Å². The second kappa shape index (κ2) is 12.7. The van der Waals surface area contributed by atoms with Crippen LogP contribution in [0.3, 0.4) is 0 Å². The SMILES string of the molecule is c1ccc(-c2ccc(N(c3ccc4c(c3)sc3ccccc34)c3cc(-c4cc5ccccc5c5ccccc45)ccc3-c3ccccc3)cc2)cc1. The predicted octanol–water partition coefficient (Wildman–Crippen LogP) is 14.8. The summed E-state index contributed by atoms with van der Waals surface area (Å²) in [6, 6.07) is 73.1. The van der Waals surface area contributed by atoms with E-state index in [-0.39, 0.29) is 0 Å². The van der Waals surface area contributed by atoms with Crippen LogP contribution in [0.15, 0.2) is 200 Å². The van der Waals surface area contributed by atoms with E-state index >= 15 is 0 Å². The molecule has 0 spiro atoms. The first-order valence-corrected chi connectivity index (χ1v) is 18.6. The van der Waals surface area contributed by atoms with Crippen molar-refractivity contribution in [3.63, 3.8) is 0 Å². The van der Waals surface area contributed by atoms with Crippen molar-refractivity contribution in [2.45, 2.75) is 0 Å². The molecular formula is C50H33NS. The van der Waals surface area contributed by atoms with Crippen LogP contribution >= 0.6 is 11.3 Å². The van der Waals surface area contributed by atoms with Crippen LogP contribution in [-0.4, -0.2) is 0 Å². The Labute approximate surface area is 307 Å². The van der Waals surface area contributed by atoms with Gasteiger partial charge < -0.3 is 4.90 Å². The molecule has 0 radical (unpaired) electrons. The first kappa shape index (κ1) is 30.4. The van der Waals surface area contributed by atoms with Gasteiger partial charge in [-0.2, -0.15) is 0 Å². The molecule has 10 aromatic rings. The molecule has 0 aliphatic rings. The highest BCUT2D eigenvalue weighted by atomic mass is 32.1. The highest BCUT2D eigenvalue weighted by Crippen LogP contribution is 2.46. The van der Waals surface area contributed by atoms with E-state index in [1.165, 1.54) is 75.1 Å². The average molecular weight is 680 g/mol. The quantitative estimate of drug-likeness (QED) is 0.158. The predicted molar refractivity (Wildman–Crippen MR) is 225 cm³/mol. The van der Waals surface area contributed by atoms with Crippen LogP contribution in [-0.2, 0) is 0 Å². The molecule has 0 N–H and O–H groups in total. The molecule has 10 rings (SSSR count). The zero-order chi connectivity index (χ0) is 34.4. The minimum Gasteiger partial charge on any atom is -0.310 e. The molecule has 52 heavy (non-hydrogen) atoms. The lowest BCUT2D eigenvalue weighted by Crippen LogP contribution is -2.11. The third-order valence-electron chi connectivity index (χ3n) is 10.3. The molecule has 0 aliphatic heterocycles. The van der Waals surface area contributed by atoms with Gasteiger partial charge in [0.2, 0.25) is 0 Å². The molecule has 0 saturated heterocycles. The number of hydrogen-bond donors (Lipinski definition) is 0. The molecule has 0 bridgehead atoms. The number of hydrogen-bond acceptors (Lipinski definition) is 2. The van der Waals surface area contributed by atoms with Crippen LogP contribution in [0.2, 0.25) is 0 Å². The number of rotatable bonds is 6. The molecule has 0 unspecified atom stereocenters. The minimum absolute atomic E-state index is 1.11. The van der Waals surface area contributed by atoms with Crippen molar-refractivity contribution in [1.82, 2.24) is 0 Å². The number of nitrogens with zero attached hydrogens (tertiary/aromatic N) is 1. The van der Waals surface area contributed by atoms with Crippen molar-refractivity contribution in [2.75, 3.05) is 4.90 Å². The normalized spacial score (nSPS) is 11.5. The van der Waals surface area contributed by atoms with Gasteiger partial charge in [0.15, 0.2) is 0 Å². The van der Waals surface area contributed by atoms with Gasteiger partial charge >= 0.3 is 0 Å². The topological polar surface area (TPSA) is 3.24 Å². The van der Waals surface area contributed by atoms with Crippen LogP contribution in [0, 0.1) is 0 Å². The standard InChI is InChI=1S/C50H33NS/c1-3-13-34(14-4-1)35-23-26-39(27-24-35)51(40-28-30-46-45-21-11-12-22-49(45)52-50(46)33-40)48-32-38(25-29-42(48)36-15-5-2-6-16-36)47-31-37-17-7-8-18-41(37)43-19-9-10-20-44(43)47/h1-33H. The zero-order valence-corrected chi connectivity index (χ0v) is 29.2. The van der Waals surface area contributed by atoms with Gasteiger partial charge in [-0.05, 0) is 91.8 Å². The lowest BCUT2D eigenvalue weighted by molar-refractivity contribution is 1.29. The van der Waals surface area contributed by atoms with Gasteiger partial charge in [-0.3, -0.25) is 0 Å². The van der Waals surface area contributed by atoms with Crippen LogP contribution in [0.25, 0.3) is 75.1 Å². The van der Waals surface area contributed by atoms with Crippen LogP contribution in [0.1, 0.15) is 0 Å². The first-order valence-electron chi connectivity index (χ1n) is 17.8. The smallest absolute Gasteiger partial charge is 0.0546 e. The molecule has 0 atom stereocenters. The summed E-state index contributed by atoms with van der Waals surface area (Å²) in [5.74, 6) is 0. The Morgan fingerprint density at radius 2 is 0.885 bits per heavy atom. The van der Waals surface area contributed by atoms with Gasteiger partial charge in [0, 0.05) is 37.1 Å². The number of thiophene rings is 1. The van der Waals surface area contributed by atoms with E-state index < -0.39 is 0 Å². The maximum atomic E-state index is 2.45. The largest absolute Gasteiger partial charge is 0.310 e. The Bertz CT molecular complexity index is 2890. The van der Waals surface area contributed by atoms with E-state index in [9.17, 15) is 0 Å². The number of benzene rings is 9. The summed E-state index contributed by atoms with van der Waals surface area (Å²) in [6.07, 6.45) is 0. The lowest BCUT2D eigenvalue weighted by Gasteiger charge is -2.29. The van der Waals surface area contributed by atoms with Crippen molar-refractivity contribution >= 4 is 70.1 Å². The van der Waals surface area contributed by atoms with Crippen molar-refractivity contribution in [3.05, 3.63) is 200 Å². The van der Waals surface area contributed by atoms with E-state index in [1.807, 2.05) is 11.3 Å². The second-order valence-electron chi connectivity index (χ2n) is 13.3. The summed E-state index contributed by atoms with van der Waals surface area (Å²) < 4.78 is 2.59. The summed E-state index contributed by atoms with van der Waals surface area (Å²) in [5, 5.41) is 7.65. The van der Waals surface area contributed by atoms with Gasteiger partial charge in [-0.25, -0.2) is 0 Å². The van der Waals surface area contributed by atoms with Gasteiger partial charge in [0.05, 0.1) is 5.69 Å². The van der Waals surface area contributed by atoms with E-state index in [4.69, 9.17) is 0 Å². The second-order valence-corrected chi connectivity index (χ2v) is 14.4. The summed E-state index contributed by atoms with van der Waals surface area (Å²) in [7, 11) is 0. The summed E-state index contributed by atoms with van der Waals surface area (Å²) in [5.41, 5.74) is 10.6. The Kier molecular flexibility index (Phi) is 7.41. The molecule has 1 heterocycles. The van der Waals surface area contributed by atoms with Crippen molar-refractivity contribution < 1.29 is 0 Å². The number of anilines is 3. The molecule has 0 aliphatic carbocycles. The highest BCUT2D eigenvalue weighted by molar-refractivity contribution is 7.25. The van der Waals surface area contributed by atoms with E-state index in [0.29, 0.717) is 0 Å². The summed E-state index contributed by atoms with van der Waals surface area (Å²) >= 11 is 1.86. The van der Waals surface area contributed by atoms with Crippen molar-refractivity contribution in [3.8, 4) is 33.4 Å². The molecule has 0 fully saturated rings. The maximum absolute atomic E-state index is 2.45. The Morgan fingerprint density at radius 3 is 1.67 bits per heavy atom. The van der Waals surface area contributed by atoms with E-state index in [2.05, 4.69) is 205 Å². The van der Waals surface area contributed by atoms with Crippen LogP contribution in [0.4, 0.5) is 17.1 Å². The fourth-order valence-corrected chi connectivity index (χ4v) is 8.89. The number of fused-ring (bicyclic) bond motifs is 6. The molecule has 2 heteroatoms. The maximum Gasteiger partial charge on any atom is 0.0546 e. The van der Waals surface area contributed by atoms with Gasteiger partial charge in [-0.1, -0.05) is 158 Å². The van der Waals surface area contributed by atoms with Gasteiger partial charge in [0.1, 0.15) is 0 Å². The lowest BCUT2D eigenvalue weighted by atomic mass is 9.91.